The average molecular weight is 281 g/mol. The Hall–Kier alpha value is -2.89. The van der Waals surface area contributed by atoms with Gasteiger partial charge in [0.1, 0.15) is 0 Å². The zero-order valence-corrected chi connectivity index (χ0v) is 11.5. The molecular formula is C15H15N5O. The van der Waals surface area contributed by atoms with Crippen LogP contribution in [0.4, 0.5) is 11.6 Å². The minimum Gasteiger partial charge on any atom is -0.399 e. The van der Waals surface area contributed by atoms with Gasteiger partial charge in [0, 0.05) is 18.1 Å². The van der Waals surface area contributed by atoms with Crippen LogP contribution in [-0.2, 0) is 0 Å². The van der Waals surface area contributed by atoms with Crippen molar-refractivity contribution in [2.24, 2.45) is 0 Å². The van der Waals surface area contributed by atoms with Gasteiger partial charge in [-0.1, -0.05) is 6.07 Å². The number of pyridine rings is 1. The summed E-state index contributed by atoms with van der Waals surface area (Å²) in [7, 11) is 0. The first-order valence-corrected chi connectivity index (χ1v) is 6.59. The summed E-state index contributed by atoms with van der Waals surface area (Å²) in [5.74, 6) is 0.425. The van der Waals surface area contributed by atoms with E-state index in [1.807, 2.05) is 19.1 Å². The number of nitrogens with zero attached hydrogens (tertiary/aromatic N) is 2. The van der Waals surface area contributed by atoms with E-state index in [0.29, 0.717) is 22.5 Å². The first kappa shape index (κ1) is 13.1. The molecule has 0 spiro atoms. The fraction of sp³-hybridized carbons (Fsp3) is 0.133. The SMILES string of the molecule is CC(Nc1nc2ccc(N)cc2c(=O)[nH]1)c1cccnc1. The number of rotatable bonds is 3. The van der Waals surface area contributed by atoms with Crippen LogP contribution in [0.5, 0.6) is 0 Å². The van der Waals surface area contributed by atoms with Crippen molar-refractivity contribution in [1.29, 1.82) is 0 Å². The fourth-order valence-electron chi connectivity index (χ4n) is 2.15. The van der Waals surface area contributed by atoms with E-state index in [0.717, 1.165) is 5.56 Å². The second kappa shape index (κ2) is 5.24. The Morgan fingerprint density at radius 1 is 1.33 bits per heavy atom. The maximum Gasteiger partial charge on any atom is 0.260 e. The molecule has 21 heavy (non-hydrogen) atoms. The lowest BCUT2D eigenvalue weighted by Crippen LogP contribution is -2.15. The molecule has 2 aromatic heterocycles. The highest BCUT2D eigenvalue weighted by Crippen LogP contribution is 2.17. The Kier molecular flexibility index (Phi) is 3.27. The minimum atomic E-state index is -0.215. The number of nitrogen functional groups attached to an aromatic ring is 1. The van der Waals surface area contributed by atoms with Crippen molar-refractivity contribution in [3.63, 3.8) is 0 Å². The molecule has 6 nitrogen and oxygen atoms in total. The summed E-state index contributed by atoms with van der Waals surface area (Å²) in [5.41, 5.74) is 7.63. The Morgan fingerprint density at radius 3 is 2.95 bits per heavy atom. The predicted molar refractivity (Wildman–Crippen MR) is 83.1 cm³/mol. The molecule has 0 aliphatic heterocycles. The van der Waals surface area contributed by atoms with E-state index in [9.17, 15) is 4.79 Å². The van der Waals surface area contributed by atoms with E-state index < -0.39 is 0 Å². The van der Waals surface area contributed by atoms with Crippen molar-refractivity contribution in [3.05, 3.63) is 58.6 Å². The second-order valence-corrected chi connectivity index (χ2v) is 4.84. The molecular weight excluding hydrogens is 266 g/mol. The number of fused-ring (bicyclic) bond motifs is 1. The number of nitrogens with one attached hydrogen (secondary N) is 2. The van der Waals surface area contributed by atoms with Gasteiger partial charge in [0.05, 0.1) is 16.9 Å². The van der Waals surface area contributed by atoms with Gasteiger partial charge in [-0.3, -0.25) is 14.8 Å². The normalized spacial score (nSPS) is 12.2. The average Bonchev–Trinajstić information content (AvgIpc) is 2.49. The highest BCUT2D eigenvalue weighted by Gasteiger charge is 2.09. The van der Waals surface area contributed by atoms with E-state index in [2.05, 4.69) is 20.3 Å². The van der Waals surface area contributed by atoms with Crippen LogP contribution >= 0.6 is 0 Å². The van der Waals surface area contributed by atoms with Crippen LogP contribution in [0, 0.1) is 0 Å². The van der Waals surface area contributed by atoms with Crippen LogP contribution in [0.25, 0.3) is 10.9 Å². The molecule has 2 heterocycles. The number of hydrogen-bond donors (Lipinski definition) is 3. The van der Waals surface area contributed by atoms with E-state index in [1.54, 1.807) is 30.6 Å². The highest BCUT2D eigenvalue weighted by molar-refractivity contribution is 5.81. The number of hydrogen-bond acceptors (Lipinski definition) is 5. The molecule has 0 saturated carbocycles. The maximum atomic E-state index is 12.1. The molecule has 1 aromatic carbocycles. The zero-order chi connectivity index (χ0) is 14.8. The molecule has 0 radical (unpaired) electrons. The Labute approximate surface area is 121 Å². The molecule has 0 fully saturated rings. The molecule has 6 heteroatoms. The molecule has 0 bridgehead atoms. The van der Waals surface area contributed by atoms with E-state index in [-0.39, 0.29) is 11.6 Å². The first-order valence-electron chi connectivity index (χ1n) is 6.59. The van der Waals surface area contributed by atoms with Crippen molar-refractivity contribution >= 4 is 22.5 Å². The molecule has 4 N–H and O–H groups in total. The predicted octanol–water partition coefficient (Wildman–Crippen LogP) is 2.07. The maximum absolute atomic E-state index is 12.1. The monoisotopic (exact) mass is 281 g/mol. The third kappa shape index (κ3) is 2.69. The zero-order valence-electron chi connectivity index (χ0n) is 11.5. The van der Waals surface area contributed by atoms with Gasteiger partial charge in [0.15, 0.2) is 0 Å². The lowest BCUT2D eigenvalue weighted by atomic mass is 10.1. The number of nitrogens with two attached hydrogens (primary N) is 1. The molecule has 3 aromatic rings. The van der Waals surface area contributed by atoms with E-state index in [1.165, 1.54) is 0 Å². The summed E-state index contributed by atoms with van der Waals surface area (Å²) in [6, 6.07) is 8.89. The summed E-state index contributed by atoms with van der Waals surface area (Å²) in [5, 5.41) is 3.65. The van der Waals surface area contributed by atoms with Gasteiger partial charge < -0.3 is 11.1 Å². The summed E-state index contributed by atoms with van der Waals surface area (Å²) in [6.07, 6.45) is 3.49. The second-order valence-electron chi connectivity index (χ2n) is 4.84. The summed E-state index contributed by atoms with van der Waals surface area (Å²) >= 11 is 0. The Balaban J connectivity index is 1.95. The number of anilines is 2. The van der Waals surface area contributed by atoms with Crippen molar-refractivity contribution in [2.45, 2.75) is 13.0 Å². The molecule has 0 aliphatic carbocycles. The molecule has 0 saturated heterocycles. The van der Waals surface area contributed by atoms with Crippen molar-refractivity contribution in [1.82, 2.24) is 15.0 Å². The molecule has 1 atom stereocenters. The molecule has 0 amide bonds. The molecule has 106 valence electrons. The lowest BCUT2D eigenvalue weighted by Gasteiger charge is -2.14. The van der Waals surface area contributed by atoms with E-state index >= 15 is 0 Å². The number of aromatic nitrogens is 3. The highest BCUT2D eigenvalue weighted by atomic mass is 16.1. The van der Waals surface area contributed by atoms with E-state index in [4.69, 9.17) is 5.73 Å². The smallest absolute Gasteiger partial charge is 0.260 e. The summed E-state index contributed by atoms with van der Waals surface area (Å²) in [6.45, 7) is 1.98. The summed E-state index contributed by atoms with van der Waals surface area (Å²) < 4.78 is 0. The van der Waals surface area contributed by atoms with Gasteiger partial charge in [-0.15, -0.1) is 0 Å². The number of aromatic amines is 1. The fourth-order valence-corrected chi connectivity index (χ4v) is 2.15. The van der Waals surface area contributed by atoms with Crippen molar-refractivity contribution < 1.29 is 0 Å². The third-order valence-corrected chi connectivity index (χ3v) is 3.27. The van der Waals surface area contributed by atoms with Crippen LogP contribution in [0.2, 0.25) is 0 Å². The van der Waals surface area contributed by atoms with Gasteiger partial charge in [-0.2, -0.15) is 0 Å². The van der Waals surface area contributed by atoms with Gasteiger partial charge in [-0.25, -0.2) is 4.98 Å². The Bertz CT molecular complexity index is 828. The minimum absolute atomic E-state index is 0.0203. The van der Waals surface area contributed by atoms with Gasteiger partial charge in [0.2, 0.25) is 5.95 Å². The number of H-pyrrole nitrogens is 1. The van der Waals surface area contributed by atoms with Crippen LogP contribution in [-0.4, -0.2) is 15.0 Å². The quantitative estimate of drug-likeness (QED) is 0.639. The van der Waals surface area contributed by atoms with Gasteiger partial charge in [0.25, 0.3) is 5.56 Å². The molecule has 0 aliphatic rings. The molecule has 3 rings (SSSR count). The van der Waals surface area contributed by atoms with Crippen LogP contribution in [0.1, 0.15) is 18.5 Å². The standard InChI is InChI=1S/C15H15N5O/c1-9(10-3-2-6-17-8-10)18-15-19-13-5-4-11(16)7-12(13)14(21)20-15/h2-9H,16H2,1H3,(H2,18,19,20,21). The topological polar surface area (TPSA) is 96.7 Å². The number of benzene rings is 1. The van der Waals surface area contributed by atoms with Crippen LogP contribution in [0.15, 0.2) is 47.5 Å². The van der Waals surface area contributed by atoms with Crippen LogP contribution < -0.4 is 16.6 Å². The third-order valence-electron chi connectivity index (χ3n) is 3.27. The Morgan fingerprint density at radius 2 is 2.19 bits per heavy atom. The van der Waals surface area contributed by atoms with Crippen LogP contribution in [0.3, 0.4) is 0 Å². The molecule has 1 unspecified atom stereocenters. The lowest BCUT2D eigenvalue weighted by molar-refractivity contribution is 0.854. The first-order chi connectivity index (χ1) is 10.1. The van der Waals surface area contributed by atoms with Crippen molar-refractivity contribution in [2.75, 3.05) is 11.1 Å². The van der Waals surface area contributed by atoms with Gasteiger partial charge in [-0.05, 0) is 36.8 Å². The van der Waals surface area contributed by atoms with Gasteiger partial charge >= 0.3 is 0 Å². The largest absolute Gasteiger partial charge is 0.399 e. The van der Waals surface area contributed by atoms with Crippen molar-refractivity contribution in [3.8, 4) is 0 Å². The summed E-state index contributed by atoms with van der Waals surface area (Å²) in [4.78, 5) is 23.3.